The van der Waals surface area contributed by atoms with Gasteiger partial charge >= 0.3 is 5.97 Å². The van der Waals surface area contributed by atoms with Crippen molar-refractivity contribution in [1.29, 1.82) is 0 Å². The molecule has 3 unspecified atom stereocenters. The summed E-state index contributed by atoms with van der Waals surface area (Å²) in [6.07, 6.45) is 2.24. The molecule has 0 aliphatic carbocycles. The molecule has 3 heterocycles. The lowest BCUT2D eigenvalue weighted by Crippen LogP contribution is -2.68. The first-order chi connectivity index (χ1) is 7.62. The van der Waals surface area contributed by atoms with E-state index >= 15 is 0 Å². The van der Waals surface area contributed by atoms with Crippen molar-refractivity contribution in [1.82, 2.24) is 0 Å². The van der Waals surface area contributed by atoms with E-state index in [1.807, 2.05) is 0 Å². The van der Waals surface area contributed by atoms with Crippen molar-refractivity contribution < 1.29 is 24.1 Å². The molecular formula is C11H16O5. The molecule has 2 bridgehead atoms. The predicted octanol–water partition coefficient (Wildman–Crippen LogP) is -0.142. The van der Waals surface area contributed by atoms with Crippen LogP contribution in [0.25, 0.3) is 0 Å². The highest BCUT2D eigenvalue weighted by Gasteiger charge is 2.70. The average molecular weight is 228 g/mol. The summed E-state index contributed by atoms with van der Waals surface area (Å²) in [7, 11) is 1.36. The van der Waals surface area contributed by atoms with Crippen LogP contribution in [0, 0.1) is 5.41 Å². The second kappa shape index (κ2) is 3.18. The molecule has 3 atom stereocenters. The van der Waals surface area contributed by atoms with Crippen molar-refractivity contribution in [2.24, 2.45) is 5.41 Å². The maximum Gasteiger partial charge on any atom is 0.317 e. The van der Waals surface area contributed by atoms with Crippen LogP contribution < -0.4 is 0 Å². The van der Waals surface area contributed by atoms with Crippen LogP contribution in [0.3, 0.4) is 0 Å². The van der Waals surface area contributed by atoms with Gasteiger partial charge in [0.2, 0.25) is 0 Å². The molecule has 3 saturated heterocycles. The number of ether oxygens (including phenoxy) is 3. The van der Waals surface area contributed by atoms with Gasteiger partial charge in [0.15, 0.2) is 0 Å². The molecule has 0 spiro atoms. The largest absolute Gasteiger partial charge is 0.468 e. The summed E-state index contributed by atoms with van der Waals surface area (Å²) in [5, 5.41) is 10.5. The van der Waals surface area contributed by atoms with E-state index in [1.165, 1.54) is 7.11 Å². The highest BCUT2D eigenvalue weighted by Crippen LogP contribution is 2.56. The lowest BCUT2D eigenvalue weighted by atomic mass is 9.62. The van der Waals surface area contributed by atoms with Crippen molar-refractivity contribution in [2.75, 3.05) is 20.3 Å². The van der Waals surface area contributed by atoms with Gasteiger partial charge in [-0.3, -0.25) is 4.79 Å². The summed E-state index contributed by atoms with van der Waals surface area (Å²) in [5.74, 6) is -0.356. The molecule has 5 nitrogen and oxygen atoms in total. The minimum absolute atomic E-state index is 0.0914. The molecule has 0 aromatic carbocycles. The fourth-order valence-electron chi connectivity index (χ4n) is 3.34. The van der Waals surface area contributed by atoms with E-state index in [-0.39, 0.29) is 31.4 Å². The second-order valence-corrected chi connectivity index (χ2v) is 5.02. The Morgan fingerprint density at radius 1 is 1.44 bits per heavy atom. The monoisotopic (exact) mass is 228 g/mol. The van der Waals surface area contributed by atoms with Crippen LogP contribution in [-0.2, 0) is 19.0 Å². The van der Waals surface area contributed by atoms with Gasteiger partial charge in [-0.15, -0.1) is 0 Å². The summed E-state index contributed by atoms with van der Waals surface area (Å²) in [4.78, 5) is 12.0. The number of methoxy groups -OCH3 is 1. The molecular weight excluding hydrogens is 212 g/mol. The number of carbonyl (C=O) groups excluding carboxylic acids is 1. The molecule has 3 aliphatic heterocycles. The number of esters is 1. The summed E-state index contributed by atoms with van der Waals surface area (Å²) in [5.41, 5.74) is -2.00. The van der Waals surface area contributed by atoms with Crippen LogP contribution >= 0.6 is 0 Å². The molecule has 0 amide bonds. The maximum atomic E-state index is 12.0. The molecule has 0 aromatic rings. The molecule has 0 saturated carbocycles. The van der Waals surface area contributed by atoms with Crippen LogP contribution in [0.2, 0.25) is 0 Å². The summed E-state index contributed by atoms with van der Waals surface area (Å²) in [6, 6.07) is 0. The summed E-state index contributed by atoms with van der Waals surface area (Å²) in [6.45, 7) is 0.406. The minimum Gasteiger partial charge on any atom is -0.468 e. The normalized spacial score (nSPS) is 44.1. The second-order valence-electron chi connectivity index (χ2n) is 5.02. The Morgan fingerprint density at radius 3 is 2.56 bits per heavy atom. The standard InChI is InChI=1S/C11H16O5/c1-14-9(12)11(10(13)5-15-6-10)4-7-2-3-8(11)16-7/h7-8,13H,2-6H2,1H3. The predicted molar refractivity (Wildman–Crippen MR) is 52.7 cm³/mol. The van der Waals surface area contributed by atoms with Gasteiger partial charge in [-0.05, 0) is 19.3 Å². The number of fused-ring (bicyclic) bond motifs is 2. The van der Waals surface area contributed by atoms with Crippen molar-refractivity contribution in [3.63, 3.8) is 0 Å². The first kappa shape index (κ1) is 10.5. The van der Waals surface area contributed by atoms with Crippen molar-refractivity contribution in [3.05, 3.63) is 0 Å². The molecule has 0 radical (unpaired) electrons. The summed E-state index contributed by atoms with van der Waals surface area (Å²) >= 11 is 0. The highest BCUT2D eigenvalue weighted by molar-refractivity contribution is 5.80. The van der Waals surface area contributed by atoms with Crippen LogP contribution in [0.4, 0.5) is 0 Å². The van der Waals surface area contributed by atoms with E-state index in [2.05, 4.69) is 0 Å². The molecule has 90 valence electrons. The SMILES string of the molecule is COC(=O)C1(C2(O)COC2)CC2CCC1O2. The Balaban J connectivity index is 1.98. The van der Waals surface area contributed by atoms with Crippen LogP contribution in [0.5, 0.6) is 0 Å². The Morgan fingerprint density at radius 2 is 2.19 bits per heavy atom. The number of aliphatic hydroxyl groups is 1. The molecule has 16 heavy (non-hydrogen) atoms. The molecule has 1 N–H and O–H groups in total. The van der Waals surface area contributed by atoms with Crippen molar-refractivity contribution in [3.8, 4) is 0 Å². The molecule has 0 aromatic heterocycles. The first-order valence-electron chi connectivity index (χ1n) is 5.66. The van der Waals surface area contributed by atoms with Gasteiger partial charge in [-0.1, -0.05) is 0 Å². The fourth-order valence-corrected chi connectivity index (χ4v) is 3.34. The van der Waals surface area contributed by atoms with Gasteiger partial charge in [-0.2, -0.15) is 0 Å². The van der Waals surface area contributed by atoms with E-state index in [4.69, 9.17) is 14.2 Å². The zero-order valence-electron chi connectivity index (χ0n) is 9.27. The zero-order valence-corrected chi connectivity index (χ0v) is 9.27. The third-order valence-corrected chi connectivity index (χ3v) is 4.27. The smallest absolute Gasteiger partial charge is 0.317 e. The number of hydrogen-bond acceptors (Lipinski definition) is 5. The van der Waals surface area contributed by atoms with Gasteiger partial charge in [-0.25, -0.2) is 0 Å². The summed E-state index contributed by atoms with van der Waals surface area (Å²) < 4.78 is 15.7. The minimum atomic E-state index is -1.10. The van der Waals surface area contributed by atoms with Crippen molar-refractivity contribution in [2.45, 2.75) is 37.1 Å². The lowest BCUT2D eigenvalue weighted by molar-refractivity contribution is -0.255. The van der Waals surface area contributed by atoms with E-state index in [0.29, 0.717) is 6.42 Å². The molecule has 3 rings (SSSR count). The maximum absolute atomic E-state index is 12.0. The van der Waals surface area contributed by atoms with Gasteiger partial charge in [0.25, 0.3) is 0 Å². The average Bonchev–Trinajstić information content (AvgIpc) is 2.84. The van der Waals surface area contributed by atoms with E-state index in [1.54, 1.807) is 0 Å². The fraction of sp³-hybridized carbons (Fsp3) is 0.909. The topological polar surface area (TPSA) is 65.0 Å². The zero-order chi connectivity index (χ0) is 11.4. The van der Waals surface area contributed by atoms with Crippen molar-refractivity contribution >= 4 is 5.97 Å². The number of carbonyl (C=O) groups is 1. The highest BCUT2D eigenvalue weighted by atomic mass is 16.6. The lowest BCUT2D eigenvalue weighted by Gasteiger charge is -2.50. The van der Waals surface area contributed by atoms with E-state index < -0.39 is 11.0 Å². The first-order valence-corrected chi connectivity index (χ1v) is 5.66. The van der Waals surface area contributed by atoms with Crippen LogP contribution in [0.15, 0.2) is 0 Å². The molecule has 3 aliphatic rings. The number of rotatable bonds is 2. The van der Waals surface area contributed by atoms with Gasteiger partial charge in [0.05, 0.1) is 32.5 Å². The third kappa shape index (κ3) is 1.04. The Labute approximate surface area is 93.7 Å². The Kier molecular flexibility index (Phi) is 2.09. The van der Waals surface area contributed by atoms with E-state index in [9.17, 15) is 9.90 Å². The quantitative estimate of drug-likeness (QED) is 0.666. The third-order valence-electron chi connectivity index (χ3n) is 4.27. The molecule has 5 heteroatoms. The van der Waals surface area contributed by atoms with Gasteiger partial charge in [0.1, 0.15) is 11.0 Å². The van der Waals surface area contributed by atoms with Crippen LogP contribution in [-0.4, -0.2) is 49.2 Å². The van der Waals surface area contributed by atoms with Crippen LogP contribution in [0.1, 0.15) is 19.3 Å². The van der Waals surface area contributed by atoms with Gasteiger partial charge in [0, 0.05) is 0 Å². The van der Waals surface area contributed by atoms with E-state index in [0.717, 1.165) is 12.8 Å². The Bertz CT molecular complexity index is 324. The van der Waals surface area contributed by atoms with Gasteiger partial charge < -0.3 is 19.3 Å². The molecule has 3 fully saturated rings. The Hall–Kier alpha value is -0.650. The number of hydrogen-bond donors (Lipinski definition) is 1.